The lowest BCUT2D eigenvalue weighted by Gasteiger charge is -2.14. The molecule has 0 bridgehead atoms. The highest BCUT2D eigenvalue weighted by molar-refractivity contribution is 9.09. The van der Waals surface area contributed by atoms with Gasteiger partial charge < -0.3 is 5.32 Å². The third-order valence-electron chi connectivity index (χ3n) is 2.94. The Balaban J connectivity index is 3.47. The highest BCUT2D eigenvalue weighted by Gasteiger charge is 2.07. The lowest BCUT2D eigenvalue weighted by molar-refractivity contribution is -0.121. The summed E-state index contributed by atoms with van der Waals surface area (Å²) in [6, 6.07) is 0. The van der Waals surface area contributed by atoms with Gasteiger partial charge in [-0.15, -0.1) is 0 Å². The molecule has 0 aromatic heterocycles. The fourth-order valence-corrected chi connectivity index (χ4v) is 2.31. The predicted molar refractivity (Wildman–Crippen MR) is 74.0 cm³/mol. The summed E-state index contributed by atoms with van der Waals surface area (Å²) in [5.74, 6) is 0.850. The molecule has 0 spiro atoms. The van der Waals surface area contributed by atoms with Crippen LogP contribution in [-0.2, 0) is 4.79 Å². The van der Waals surface area contributed by atoms with Gasteiger partial charge in [0.05, 0.1) is 0 Å². The molecule has 0 saturated carbocycles. The number of halogens is 1. The van der Waals surface area contributed by atoms with E-state index < -0.39 is 0 Å². The number of unbranched alkanes of at least 4 members (excludes halogenated alkanes) is 3. The lowest BCUT2D eigenvalue weighted by atomic mass is 10.0. The Morgan fingerprint density at radius 2 is 2.00 bits per heavy atom. The molecular weight excluding hydrogens is 266 g/mol. The Hall–Kier alpha value is -0.0500. The predicted octanol–water partition coefficient (Wildman–Crippen LogP) is 3.88. The molecule has 0 radical (unpaired) electrons. The zero-order valence-corrected chi connectivity index (χ0v) is 12.3. The summed E-state index contributed by atoms with van der Waals surface area (Å²) in [5, 5.41) is 4.06. The Labute approximate surface area is 109 Å². The fourth-order valence-electron chi connectivity index (χ4n) is 1.66. The first-order valence-corrected chi connectivity index (χ1v) is 7.69. The van der Waals surface area contributed by atoms with Gasteiger partial charge in [-0.3, -0.25) is 4.79 Å². The van der Waals surface area contributed by atoms with Gasteiger partial charge in [-0.05, 0) is 18.8 Å². The van der Waals surface area contributed by atoms with Gasteiger partial charge in [-0.25, -0.2) is 0 Å². The first-order valence-electron chi connectivity index (χ1n) is 6.57. The van der Waals surface area contributed by atoms with Crippen molar-refractivity contribution in [3.63, 3.8) is 0 Å². The minimum atomic E-state index is 0.226. The molecule has 0 aliphatic heterocycles. The van der Waals surface area contributed by atoms with Crippen LogP contribution >= 0.6 is 15.9 Å². The largest absolute Gasteiger partial charge is 0.356 e. The molecule has 0 aromatic carbocycles. The van der Waals surface area contributed by atoms with Crippen molar-refractivity contribution in [2.45, 2.75) is 58.8 Å². The lowest BCUT2D eigenvalue weighted by Crippen LogP contribution is -2.29. The SMILES string of the molecule is CCCCCCC(=O)NCC(CC)CCBr. The molecule has 2 nitrogen and oxygen atoms in total. The Bertz CT molecular complexity index is 173. The van der Waals surface area contributed by atoms with Gasteiger partial charge in [0.25, 0.3) is 0 Å². The van der Waals surface area contributed by atoms with Gasteiger partial charge in [0, 0.05) is 18.3 Å². The van der Waals surface area contributed by atoms with Crippen molar-refractivity contribution >= 4 is 21.8 Å². The molecule has 0 heterocycles. The molecule has 1 atom stereocenters. The fraction of sp³-hybridized carbons (Fsp3) is 0.923. The molecule has 0 rings (SSSR count). The minimum absolute atomic E-state index is 0.226. The van der Waals surface area contributed by atoms with Gasteiger partial charge in [0.1, 0.15) is 0 Å². The number of nitrogens with one attached hydrogen (secondary N) is 1. The van der Waals surface area contributed by atoms with Gasteiger partial charge in [0.2, 0.25) is 5.91 Å². The van der Waals surface area contributed by atoms with Crippen molar-refractivity contribution < 1.29 is 4.79 Å². The zero-order valence-electron chi connectivity index (χ0n) is 10.7. The van der Waals surface area contributed by atoms with E-state index in [4.69, 9.17) is 0 Å². The summed E-state index contributed by atoms with van der Waals surface area (Å²) in [7, 11) is 0. The first kappa shape index (κ1) is 16.0. The average Bonchev–Trinajstić information content (AvgIpc) is 2.30. The molecule has 0 aliphatic rings. The van der Waals surface area contributed by atoms with Gasteiger partial charge in [-0.1, -0.05) is 55.5 Å². The van der Waals surface area contributed by atoms with E-state index in [1.807, 2.05) is 0 Å². The number of amides is 1. The molecular formula is C13H26BrNO. The van der Waals surface area contributed by atoms with Crippen LogP contribution < -0.4 is 5.32 Å². The topological polar surface area (TPSA) is 29.1 Å². The van der Waals surface area contributed by atoms with Gasteiger partial charge in [-0.2, -0.15) is 0 Å². The van der Waals surface area contributed by atoms with Crippen LogP contribution in [0.2, 0.25) is 0 Å². The van der Waals surface area contributed by atoms with Crippen LogP contribution in [0, 0.1) is 5.92 Å². The first-order chi connectivity index (χ1) is 7.74. The van der Waals surface area contributed by atoms with Crippen molar-refractivity contribution in [2.24, 2.45) is 5.92 Å². The van der Waals surface area contributed by atoms with E-state index in [1.54, 1.807) is 0 Å². The normalized spacial score (nSPS) is 12.4. The molecule has 0 saturated heterocycles. The summed E-state index contributed by atoms with van der Waals surface area (Å²) in [4.78, 5) is 11.5. The van der Waals surface area contributed by atoms with Crippen LogP contribution in [0.25, 0.3) is 0 Å². The summed E-state index contributed by atoms with van der Waals surface area (Å²) in [5.41, 5.74) is 0. The third kappa shape index (κ3) is 9.20. The van der Waals surface area contributed by atoms with Crippen LogP contribution in [0.3, 0.4) is 0 Å². The van der Waals surface area contributed by atoms with Crippen LogP contribution in [0.1, 0.15) is 58.8 Å². The molecule has 0 fully saturated rings. The standard InChI is InChI=1S/C13H26BrNO/c1-3-5-6-7-8-13(16)15-11-12(4-2)9-10-14/h12H,3-11H2,1-2H3,(H,15,16). The second kappa shape index (κ2) is 11.4. The van der Waals surface area contributed by atoms with E-state index in [2.05, 4.69) is 35.1 Å². The average molecular weight is 292 g/mol. The van der Waals surface area contributed by atoms with Crippen molar-refractivity contribution in [1.29, 1.82) is 0 Å². The molecule has 96 valence electrons. The molecule has 1 N–H and O–H groups in total. The number of hydrogen-bond acceptors (Lipinski definition) is 1. The smallest absolute Gasteiger partial charge is 0.220 e. The Morgan fingerprint density at radius 1 is 1.25 bits per heavy atom. The quantitative estimate of drug-likeness (QED) is 0.480. The molecule has 16 heavy (non-hydrogen) atoms. The molecule has 0 aliphatic carbocycles. The minimum Gasteiger partial charge on any atom is -0.356 e. The van der Waals surface area contributed by atoms with E-state index in [-0.39, 0.29) is 5.91 Å². The maximum atomic E-state index is 11.5. The van der Waals surface area contributed by atoms with Crippen LogP contribution in [-0.4, -0.2) is 17.8 Å². The monoisotopic (exact) mass is 291 g/mol. The highest BCUT2D eigenvalue weighted by atomic mass is 79.9. The number of hydrogen-bond donors (Lipinski definition) is 1. The maximum absolute atomic E-state index is 11.5. The van der Waals surface area contributed by atoms with E-state index in [9.17, 15) is 4.79 Å². The Morgan fingerprint density at radius 3 is 2.56 bits per heavy atom. The van der Waals surface area contributed by atoms with E-state index >= 15 is 0 Å². The zero-order chi connectivity index (χ0) is 12.2. The van der Waals surface area contributed by atoms with E-state index in [0.29, 0.717) is 12.3 Å². The summed E-state index contributed by atoms with van der Waals surface area (Å²) >= 11 is 3.44. The van der Waals surface area contributed by atoms with Gasteiger partial charge in [0.15, 0.2) is 0 Å². The summed E-state index contributed by atoms with van der Waals surface area (Å²) in [6.07, 6.45) is 7.68. The third-order valence-corrected chi connectivity index (χ3v) is 3.40. The summed E-state index contributed by atoms with van der Waals surface area (Å²) in [6.45, 7) is 5.21. The van der Waals surface area contributed by atoms with E-state index in [1.165, 1.54) is 19.3 Å². The number of carbonyl (C=O) groups excluding carboxylic acids is 1. The van der Waals surface area contributed by atoms with Crippen molar-refractivity contribution in [1.82, 2.24) is 5.32 Å². The van der Waals surface area contributed by atoms with Crippen molar-refractivity contribution in [3.05, 3.63) is 0 Å². The number of rotatable bonds is 10. The van der Waals surface area contributed by atoms with Crippen molar-refractivity contribution in [2.75, 3.05) is 11.9 Å². The molecule has 1 amide bonds. The highest BCUT2D eigenvalue weighted by Crippen LogP contribution is 2.09. The van der Waals surface area contributed by atoms with Gasteiger partial charge >= 0.3 is 0 Å². The molecule has 1 unspecified atom stereocenters. The number of alkyl halides is 1. The molecule has 3 heteroatoms. The van der Waals surface area contributed by atoms with Crippen LogP contribution in [0.4, 0.5) is 0 Å². The van der Waals surface area contributed by atoms with Crippen LogP contribution in [0.15, 0.2) is 0 Å². The van der Waals surface area contributed by atoms with Crippen LogP contribution in [0.5, 0.6) is 0 Å². The Kier molecular flexibility index (Phi) is 11.4. The van der Waals surface area contributed by atoms with Crippen molar-refractivity contribution in [3.8, 4) is 0 Å². The molecule has 0 aromatic rings. The number of carbonyl (C=O) groups is 1. The summed E-state index contributed by atoms with van der Waals surface area (Å²) < 4.78 is 0. The second-order valence-electron chi connectivity index (χ2n) is 4.37. The maximum Gasteiger partial charge on any atom is 0.220 e. The second-order valence-corrected chi connectivity index (χ2v) is 5.16. The van der Waals surface area contributed by atoms with E-state index in [0.717, 1.165) is 31.1 Å².